The van der Waals surface area contributed by atoms with Crippen molar-refractivity contribution < 1.29 is 18.5 Å². The first kappa shape index (κ1) is 17.7. The Balaban J connectivity index is 1.84. The molecule has 142 valence electrons. The van der Waals surface area contributed by atoms with Gasteiger partial charge in [0.05, 0.1) is 34.5 Å². The first-order valence-corrected chi connectivity index (χ1v) is 9.12. The maximum Gasteiger partial charge on any atom is 0.259 e. The predicted octanol–water partition coefficient (Wildman–Crippen LogP) is 3.66. The Kier molecular flexibility index (Phi) is 4.26. The van der Waals surface area contributed by atoms with Crippen molar-refractivity contribution in [3.05, 3.63) is 34.9 Å². The number of hydrogen-bond acceptors (Lipinski definition) is 6. The van der Waals surface area contributed by atoms with Gasteiger partial charge in [0.2, 0.25) is 0 Å². The zero-order chi connectivity index (χ0) is 19.3. The third kappa shape index (κ3) is 3.12. The van der Waals surface area contributed by atoms with Gasteiger partial charge in [-0.1, -0.05) is 5.16 Å². The van der Waals surface area contributed by atoms with E-state index in [4.69, 9.17) is 13.7 Å². The summed E-state index contributed by atoms with van der Waals surface area (Å²) in [5.41, 5.74) is 3.06. The number of fused-ring (bicyclic) bond motifs is 1. The van der Waals surface area contributed by atoms with Gasteiger partial charge < -0.3 is 18.6 Å². The summed E-state index contributed by atoms with van der Waals surface area (Å²) >= 11 is 0. The van der Waals surface area contributed by atoms with Gasteiger partial charge in [-0.25, -0.2) is 4.98 Å². The van der Waals surface area contributed by atoms with E-state index in [1.165, 1.54) is 0 Å². The van der Waals surface area contributed by atoms with E-state index in [2.05, 4.69) is 10.1 Å². The first-order valence-electron chi connectivity index (χ1n) is 9.12. The van der Waals surface area contributed by atoms with Crippen LogP contribution in [0.2, 0.25) is 0 Å². The Morgan fingerprint density at radius 1 is 1.15 bits per heavy atom. The monoisotopic (exact) mass is 369 g/mol. The lowest BCUT2D eigenvalue weighted by Gasteiger charge is -2.35. The van der Waals surface area contributed by atoms with E-state index >= 15 is 0 Å². The van der Waals surface area contributed by atoms with E-state index < -0.39 is 0 Å². The number of aryl methyl sites for hydroxylation is 3. The Labute approximate surface area is 157 Å². The molecule has 3 aromatic heterocycles. The summed E-state index contributed by atoms with van der Waals surface area (Å²) in [5, 5.41) is 4.68. The Morgan fingerprint density at radius 2 is 1.85 bits per heavy atom. The molecule has 0 saturated carbocycles. The average Bonchev–Trinajstić information content (AvgIpc) is 3.14. The van der Waals surface area contributed by atoms with Gasteiger partial charge in [0.25, 0.3) is 11.6 Å². The zero-order valence-electron chi connectivity index (χ0n) is 16.2. The van der Waals surface area contributed by atoms with Crippen molar-refractivity contribution in [1.82, 2.24) is 15.0 Å². The molecule has 7 heteroatoms. The molecule has 1 fully saturated rings. The molecule has 4 rings (SSSR count). The van der Waals surface area contributed by atoms with Crippen LogP contribution in [0.25, 0.3) is 22.4 Å². The number of rotatable bonds is 2. The van der Waals surface area contributed by atoms with Gasteiger partial charge in [-0.2, -0.15) is 0 Å². The van der Waals surface area contributed by atoms with Crippen LogP contribution in [-0.2, 0) is 4.74 Å². The topological polar surface area (TPSA) is 81.6 Å². The standard InChI is InChI=1S/C20H23N3O4/c1-10-6-15(14(5)26-10)17-7-16(18-13(4)22-27-19(18)21-17)20(24)23-8-11(2)25-12(3)9-23/h6-7,11-12H,8-9H2,1-5H3. The van der Waals surface area contributed by atoms with Gasteiger partial charge >= 0.3 is 0 Å². The summed E-state index contributed by atoms with van der Waals surface area (Å²) in [4.78, 5) is 19.8. The minimum atomic E-state index is -0.0604. The van der Waals surface area contributed by atoms with Crippen LogP contribution in [0.1, 0.15) is 41.4 Å². The summed E-state index contributed by atoms with van der Waals surface area (Å²) in [6.07, 6.45) is -0.00586. The molecule has 0 N–H and O–H groups in total. The number of carbonyl (C=O) groups excluding carboxylic acids is 1. The fourth-order valence-corrected chi connectivity index (χ4v) is 3.80. The van der Waals surface area contributed by atoms with E-state index in [-0.39, 0.29) is 18.1 Å². The van der Waals surface area contributed by atoms with Crippen molar-refractivity contribution in [2.75, 3.05) is 13.1 Å². The normalized spacial score (nSPS) is 20.4. The van der Waals surface area contributed by atoms with Crippen molar-refractivity contribution in [1.29, 1.82) is 0 Å². The second kappa shape index (κ2) is 6.49. The third-order valence-electron chi connectivity index (χ3n) is 4.87. The molecule has 1 aliphatic rings. The van der Waals surface area contributed by atoms with Crippen molar-refractivity contribution in [2.45, 2.75) is 46.8 Å². The van der Waals surface area contributed by atoms with Crippen LogP contribution >= 0.6 is 0 Å². The number of pyridine rings is 1. The van der Waals surface area contributed by atoms with Crippen LogP contribution in [0.3, 0.4) is 0 Å². The Hall–Kier alpha value is -2.67. The van der Waals surface area contributed by atoms with Gasteiger partial charge in [-0.15, -0.1) is 0 Å². The molecule has 2 unspecified atom stereocenters. The van der Waals surface area contributed by atoms with Crippen LogP contribution in [0.4, 0.5) is 0 Å². The maximum atomic E-state index is 13.4. The third-order valence-corrected chi connectivity index (χ3v) is 4.87. The summed E-state index contributed by atoms with van der Waals surface area (Å²) in [5.74, 6) is 1.49. The fraction of sp³-hybridized carbons (Fsp3) is 0.450. The average molecular weight is 369 g/mol. The van der Waals surface area contributed by atoms with Crippen LogP contribution < -0.4 is 0 Å². The summed E-state index contributed by atoms with van der Waals surface area (Å²) in [6, 6.07) is 3.73. The smallest absolute Gasteiger partial charge is 0.259 e. The Bertz CT molecular complexity index is 1010. The highest BCUT2D eigenvalue weighted by molar-refractivity contribution is 6.07. The van der Waals surface area contributed by atoms with E-state index in [0.29, 0.717) is 41.1 Å². The number of furan rings is 1. The largest absolute Gasteiger partial charge is 0.466 e. The molecule has 4 heterocycles. The molecule has 1 saturated heterocycles. The lowest BCUT2D eigenvalue weighted by atomic mass is 10.0. The SMILES string of the molecule is Cc1cc(-c2cc(C(=O)N3CC(C)OC(C)C3)c3c(C)noc3n2)c(C)o1. The van der Waals surface area contributed by atoms with Gasteiger partial charge in [0.15, 0.2) is 0 Å². The lowest BCUT2D eigenvalue weighted by Crippen LogP contribution is -2.48. The van der Waals surface area contributed by atoms with E-state index in [9.17, 15) is 4.79 Å². The molecule has 0 bridgehead atoms. The highest BCUT2D eigenvalue weighted by Gasteiger charge is 2.29. The van der Waals surface area contributed by atoms with Gasteiger partial charge in [-0.3, -0.25) is 4.79 Å². The summed E-state index contributed by atoms with van der Waals surface area (Å²) in [7, 11) is 0. The molecule has 7 nitrogen and oxygen atoms in total. The molecule has 1 aliphatic heterocycles. The number of amides is 1. The molecule has 0 aliphatic carbocycles. The summed E-state index contributed by atoms with van der Waals surface area (Å²) < 4.78 is 16.8. The molecule has 2 atom stereocenters. The van der Waals surface area contributed by atoms with Crippen molar-refractivity contribution in [3.8, 4) is 11.3 Å². The fourth-order valence-electron chi connectivity index (χ4n) is 3.80. The maximum absolute atomic E-state index is 13.4. The quantitative estimate of drug-likeness (QED) is 0.686. The minimum Gasteiger partial charge on any atom is -0.466 e. The molecular formula is C20H23N3O4. The highest BCUT2D eigenvalue weighted by atomic mass is 16.5. The van der Waals surface area contributed by atoms with E-state index in [1.54, 1.807) is 0 Å². The number of morpholine rings is 1. The Morgan fingerprint density at radius 3 is 2.48 bits per heavy atom. The molecule has 1 amide bonds. The number of aromatic nitrogens is 2. The van der Waals surface area contributed by atoms with Crippen LogP contribution in [0.5, 0.6) is 0 Å². The van der Waals surface area contributed by atoms with E-state index in [1.807, 2.05) is 51.7 Å². The molecule has 0 aromatic carbocycles. The molecule has 0 radical (unpaired) electrons. The van der Waals surface area contributed by atoms with Crippen molar-refractivity contribution in [3.63, 3.8) is 0 Å². The van der Waals surface area contributed by atoms with Crippen LogP contribution in [0.15, 0.2) is 21.1 Å². The highest BCUT2D eigenvalue weighted by Crippen LogP contribution is 2.31. The first-order chi connectivity index (χ1) is 12.8. The molecular weight excluding hydrogens is 346 g/mol. The lowest BCUT2D eigenvalue weighted by molar-refractivity contribution is -0.0585. The number of ether oxygens (including phenoxy) is 1. The number of hydrogen-bond donors (Lipinski definition) is 0. The molecule has 27 heavy (non-hydrogen) atoms. The zero-order valence-corrected chi connectivity index (χ0v) is 16.2. The van der Waals surface area contributed by atoms with Gasteiger partial charge in [-0.05, 0) is 46.8 Å². The number of nitrogens with zero attached hydrogens (tertiary/aromatic N) is 3. The van der Waals surface area contributed by atoms with Crippen molar-refractivity contribution in [2.24, 2.45) is 0 Å². The second-order valence-electron chi connectivity index (χ2n) is 7.30. The van der Waals surface area contributed by atoms with Gasteiger partial charge in [0, 0.05) is 18.7 Å². The second-order valence-corrected chi connectivity index (χ2v) is 7.30. The predicted molar refractivity (Wildman–Crippen MR) is 99.6 cm³/mol. The minimum absolute atomic E-state index is 0.00293. The summed E-state index contributed by atoms with van der Waals surface area (Å²) in [6.45, 7) is 10.6. The van der Waals surface area contributed by atoms with Crippen molar-refractivity contribution >= 4 is 17.0 Å². The molecule has 3 aromatic rings. The van der Waals surface area contributed by atoms with Crippen LogP contribution in [-0.4, -0.2) is 46.2 Å². The van der Waals surface area contributed by atoms with E-state index in [0.717, 1.165) is 17.1 Å². The number of carbonyl (C=O) groups is 1. The van der Waals surface area contributed by atoms with Crippen LogP contribution in [0, 0.1) is 20.8 Å². The molecule has 0 spiro atoms. The van der Waals surface area contributed by atoms with Gasteiger partial charge in [0.1, 0.15) is 11.5 Å².